The van der Waals surface area contributed by atoms with Crippen molar-refractivity contribution in [3.63, 3.8) is 0 Å². The number of phenols is 1. The SMILES string of the molecule is CCN1CCC(CNC(=O)c2ccc(O)cc2C)C1. The van der Waals surface area contributed by atoms with Crippen molar-refractivity contribution < 1.29 is 9.90 Å². The summed E-state index contributed by atoms with van der Waals surface area (Å²) in [7, 11) is 0. The van der Waals surface area contributed by atoms with Crippen LogP contribution < -0.4 is 5.32 Å². The lowest BCUT2D eigenvalue weighted by molar-refractivity contribution is 0.0947. The van der Waals surface area contributed by atoms with Gasteiger partial charge in [0.25, 0.3) is 5.91 Å². The molecule has 0 bridgehead atoms. The lowest BCUT2D eigenvalue weighted by Crippen LogP contribution is -2.31. The summed E-state index contributed by atoms with van der Waals surface area (Å²) in [6.07, 6.45) is 1.16. The van der Waals surface area contributed by atoms with Gasteiger partial charge in [0.15, 0.2) is 0 Å². The molecule has 4 nitrogen and oxygen atoms in total. The second-order valence-corrected chi connectivity index (χ2v) is 5.26. The molecule has 0 saturated carbocycles. The molecule has 1 heterocycles. The molecule has 19 heavy (non-hydrogen) atoms. The second-order valence-electron chi connectivity index (χ2n) is 5.26. The van der Waals surface area contributed by atoms with E-state index in [9.17, 15) is 9.90 Å². The van der Waals surface area contributed by atoms with Gasteiger partial charge in [0, 0.05) is 18.7 Å². The molecule has 1 aliphatic heterocycles. The number of rotatable bonds is 4. The Morgan fingerprint density at radius 1 is 1.53 bits per heavy atom. The molecule has 2 rings (SSSR count). The van der Waals surface area contributed by atoms with Gasteiger partial charge in [-0.25, -0.2) is 0 Å². The predicted octanol–water partition coefficient (Wildman–Crippen LogP) is 1.77. The molecule has 104 valence electrons. The van der Waals surface area contributed by atoms with E-state index in [1.165, 1.54) is 0 Å². The number of phenolic OH excluding ortho intramolecular Hbond substituents is 1. The Balaban J connectivity index is 1.88. The Kier molecular flexibility index (Phi) is 4.43. The van der Waals surface area contributed by atoms with Gasteiger partial charge in [-0.05, 0) is 56.1 Å². The standard InChI is InChI=1S/C15H22N2O2/c1-3-17-7-6-12(10-17)9-16-15(19)14-5-4-13(18)8-11(14)2/h4-5,8,12,18H,3,6-7,9-10H2,1-2H3,(H,16,19). The van der Waals surface area contributed by atoms with Crippen LogP contribution in [-0.4, -0.2) is 42.1 Å². The van der Waals surface area contributed by atoms with Crippen LogP contribution in [0.4, 0.5) is 0 Å². The Hall–Kier alpha value is -1.55. The fourth-order valence-corrected chi connectivity index (χ4v) is 2.60. The maximum absolute atomic E-state index is 12.1. The van der Waals surface area contributed by atoms with Crippen LogP contribution >= 0.6 is 0 Å². The lowest BCUT2D eigenvalue weighted by atomic mass is 10.1. The highest BCUT2D eigenvalue weighted by Gasteiger charge is 2.21. The van der Waals surface area contributed by atoms with E-state index >= 15 is 0 Å². The summed E-state index contributed by atoms with van der Waals surface area (Å²) in [4.78, 5) is 14.5. The van der Waals surface area contributed by atoms with Gasteiger partial charge in [0.05, 0.1) is 0 Å². The molecule has 1 unspecified atom stereocenters. The van der Waals surface area contributed by atoms with Gasteiger partial charge in [-0.15, -0.1) is 0 Å². The topological polar surface area (TPSA) is 52.6 Å². The summed E-state index contributed by atoms with van der Waals surface area (Å²) in [5.41, 5.74) is 1.45. The molecule has 1 aromatic carbocycles. The quantitative estimate of drug-likeness (QED) is 0.869. The zero-order valence-electron chi connectivity index (χ0n) is 11.6. The average Bonchev–Trinajstić information content (AvgIpc) is 2.84. The van der Waals surface area contributed by atoms with E-state index in [0.29, 0.717) is 11.5 Å². The van der Waals surface area contributed by atoms with Crippen LogP contribution in [0.15, 0.2) is 18.2 Å². The highest BCUT2D eigenvalue weighted by Crippen LogP contribution is 2.17. The van der Waals surface area contributed by atoms with Gasteiger partial charge in [0.1, 0.15) is 5.75 Å². The lowest BCUT2D eigenvalue weighted by Gasteiger charge is -2.14. The number of carbonyl (C=O) groups is 1. The van der Waals surface area contributed by atoms with Crippen LogP contribution in [0.2, 0.25) is 0 Å². The molecule has 0 aromatic heterocycles. The first-order valence-electron chi connectivity index (χ1n) is 6.90. The van der Waals surface area contributed by atoms with Crippen LogP contribution in [0, 0.1) is 12.8 Å². The summed E-state index contributed by atoms with van der Waals surface area (Å²) >= 11 is 0. The monoisotopic (exact) mass is 262 g/mol. The minimum Gasteiger partial charge on any atom is -0.508 e. The Morgan fingerprint density at radius 3 is 2.95 bits per heavy atom. The van der Waals surface area contributed by atoms with Crippen molar-refractivity contribution in [2.24, 2.45) is 5.92 Å². The third-order valence-corrected chi connectivity index (χ3v) is 3.82. The number of hydrogen-bond donors (Lipinski definition) is 2. The van der Waals surface area contributed by atoms with E-state index in [2.05, 4.69) is 17.1 Å². The van der Waals surface area contributed by atoms with Crippen molar-refractivity contribution in [3.8, 4) is 5.75 Å². The van der Waals surface area contributed by atoms with E-state index in [-0.39, 0.29) is 11.7 Å². The average molecular weight is 262 g/mol. The zero-order chi connectivity index (χ0) is 13.8. The third-order valence-electron chi connectivity index (χ3n) is 3.82. The number of nitrogens with one attached hydrogen (secondary N) is 1. The molecule has 2 N–H and O–H groups in total. The molecule has 1 aliphatic rings. The molecular formula is C15H22N2O2. The molecule has 0 spiro atoms. The zero-order valence-corrected chi connectivity index (χ0v) is 11.6. The van der Waals surface area contributed by atoms with Crippen LogP contribution in [0.5, 0.6) is 5.75 Å². The summed E-state index contributed by atoms with van der Waals surface area (Å²) in [5.74, 6) is 0.706. The van der Waals surface area contributed by atoms with Crippen molar-refractivity contribution in [1.82, 2.24) is 10.2 Å². The molecule has 1 aromatic rings. The summed E-state index contributed by atoms with van der Waals surface area (Å²) in [5, 5.41) is 12.3. The van der Waals surface area contributed by atoms with E-state index < -0.39 is 0 Å². The summed E-state index contributed by atoms with van der Waals surface area (Å²) < 4.78 is 0. The first-order chi connectivity index (χ1) is 9.10. The number of hydrogen-bond acceptors (Lipinski definition) is 3. The minimum atomic E-state index is -0.0487. The molecule has 0 radical (unpaired) electrons. The van der Waals surface area contributed by atoms with Crippen LogP contribution in [0.1, 0.15) is 29.3 Å². The van der Waals surface area contributed by atoms with Gasteiger partial charge in [-0.3, -0.25) is 4.79 Å². The molecule has 1 fully saturated rings. The second kappa shape index (κ2) is 6.06. The maximum Gasteiger partial charge on any atom is 0.251 e. The van der Waals surface area contributed by atoms with Crippen LogP contribution in [0.25, 0.3) is 0 Å². The van der Waals surface area contributed by atoms with E-state index in [1.807, 2.05) is 6.92 Å². The molecule has 1 atom stereocenters. The normalized spacial score (nSPS) is 19.6. The third kappa shape index (κ3) is 3.47. The molecule has 4 heteroatoms. The Morgan fingerprint density at radius 2 is 2.32 bits per heavy atom. The number of nitrogens with zero attached hydrogens (tertiary/aromatic N) is 1. The molecule has 1 saturated heterocycles. The molecular weight excluding hydrogens is 240 g/mol. The van der Waals surface area contributed by atoms with E-state index in [1.54, 1.807) is 18.2 Å². The number of likely N-dealkylation sites (tertiary alicyclic amines) is 1. The van der Waals surface area contributed by atoms with Crippen molar-refractivity contribution in [3.05, 3.63) is 29.3 Å². The number of aryl methyl sites for hydroxylation is 1. The van der Waals surface area contributed by atoms with Crippen molar-refractivity contribution in [2.45, 2.75) is 20.3 Å². The van der Waals surface area contributed by atoms with E-state index in [0.717, 1.165) is 38.2 Å². The maximum atomic E-state index is 12.1. The van der Waals surface area contributed by atoms with Crippen LogP contribution in [0.3, 0.4) is 0 Å². The summed E-state index contributed by atoms with van der Waals surface area (Å²) in [6, 6.07) is 4.84. The fourth-order valence-electron chi connectivity index (χ4n) is 2.60. The van der Waals surface area contributed by atoms with Gasteiger partial charge in [-0.2, -0.15) is 0 Å². The Labute approximate surface area is 114 Å². The first-order valence-corrected chi connectivity index (χ1v) is 6.90. The Bertz CT molecular complexity index is 459. The van der Waals surface area contributed by atoms with Crippen molar-refractivity contribution in [2.75, 3.05) is 26.2 Å². The van der Waals surface area contributed by atoms with Crippen LogP contribution in [-0.2, 0) is 0 Å². The number of carbonyl (C=O) groups excluding carboxylic acids is 1. The highest BCUT2D eigenvalue weighted by molar-refractivity contribution is 5.95. The highest BCUT2D eigenvalue weighted by atomic mass is 16.3. The van der Waals surface area contributed by atoms with Gasteiger partial charge < -0.3 is 15.3 Å². The van der Waals surface area contributed by atoms with Crippen molar-refractivity contribution in [1.29, 1.82) is 0 Å². The number of benzene rings is 1. The summed E-state index contributed by atoms with van der Waals surface area (Å²) in [6.45, 7) is 8.03. The van der Waals surface area contributed by atoms with E-state index in [4.69, 9.17) is 0 Å². The number of aromatic hydroxyl groups is 1. The largest absolute Gasteiger partial charge is 0.508 e. The van der Waals surface area contributed by atoms with Gasteiger partial charge in [0.2, 0.25) is 0 Å². The molecule has 1 amide bonds. The smallest absolute Gasteiger partial charge is 0.251 e. The molecule has 0 aliphatic carbocycles. The van der Waals surface area contributed by atoms with Crippen molar-refractivity contribution >= 4 is 5.91 Å². The predicted molar refractivity (Wildman–Crippen MR) is 75.4 cm³/mol. The fraction of sp³-hybridized carbons (Fsp3) is 0.533. The van der Waals surface area contributed by atoms with Gasteiger partial charge >= 0.3 is 0 Å². The first kappa shape index (κ1) is 13.9. The minimum absolute atomic E-state index is 0.0487. The number of amides is 1. The van der Waals surface area contributed by atoms with Gasteiger partial charge in [-0.1, -0.05) is 6.92 Å².